The molecule has 0 aliphatic heterocycles. The molecule has 1 aromatic heterocycles. The van der Waals surface area contributed by atoms with Crippen molar-refractivity contribution in [1.29, 1.82) is 0 Å². The van der Waals surface area contributed by atoms with Crippen molar-refractivity contribution in [3.8, 4) is 0 Å². The van der Waals surface area contributed by atoms with Crippen molar-refractivity contribution in [2.75, 3.05) is 19.0 Å². The summed E-state index contributed by atoms with van der Waals surface area (Å²) in [6.07, 6.45) is 3.89. The van der Waals surface area contributed by atoms with E-state index in [1.54, 1.807) is 0 Å². The molecule has 0 fully saturated rings. The summed E-state index contributed by atoms with van der Waals surface area (Å²) < 4.78 is 2.04. The summed E-state index contributed by atoms with van der Waals surface area (Å²) in [5.74, 6) is 0. The normalized spacial score (nSPS) is 10.8. The average molecular weight is 240 g/mol. The summed E-state index contributed by atoms with van der Waals surface area (Å²) in [7, 11) is 6.07. The van der Waals surface area contributed by atoms with Gasteiger partial charge in [0.05, 0.1) is 11.9 Å². The Kier molecular flexibility index (Phi) is 3.72. The van der Waals surface area contributed by atoms with Gasteiger partial charge in [-0.25, -0.2) is 9.56 Å². The van der Waals surface area contributed by atoms with Crippen LogP contribution in [0.4, 0.5) is 11.4 Å². The van der Waals surface area contributed by atoms with E-state index in [0.29, 0.717) is 0 Å². The molecule has 0 spiro atoms. The molecule has 2 aromatic rings. The quantitative estimate of drug-likeness (QED) is 0.595. The molecule has 0 aliphatic rings. The van der Waals surface area contributed by atoms with Crippen LogP contribution in [0.3, 0.4) is 0 Å². The van der Waals surface area contributed by atoms with E-state index in [4.69, 9.17) is 0 Å². The average Bonchev–Trinajstić information content (AvgIpc) is 2.38. The smallest absolute Gasteiger partial charge is 0.223 e. The van der Waals surface area contributed by atoms with Crippen LogP contribution >= 0.6 is 0 Å². The molecule has 0 amide bonds. The van der Waals surface area contributed by atoms with Gasteiger partial charge < -0.3 is 4.90 Å². The van der Waals surface area contributed by atoms with Gasteiger partial charge >= 0.3 is 0 Å². The molecule has 18 heavy (non-hydrogen) atoms. The first-order valence-electron chi connectivity index (χ1n) is 5.93. The Hall–Kier alpha value is -2.16. The number of benzene rings is 1. The number of pyridine rings is 1. The van der Waals surface area contributed by atoms with Crippen molar-refractivity contribution in [2.45, 2.75) is 0 Å². The van der Waals surface area contributed by atoms with Gasteiger partial charge in [-0.15, -0.1) is 0 Å². The van der Waals surface area contributed by atoms with Crippen molar-refractivity contribution in [2.24, 2.45) is 12.0 Å². The summed E-state index contributed by atoms with van der Waals surface area (Å²) >= 11 is 0. The van der Waals surface area contributed by atoms with E-state index in [0.717, 1.165) is 11.4 Å². The minimum absolute atomic E-state index is 0.962. The Morgan fingerprint density at radius 3 is 2.39 bits per heavy atom. The summed E-state index contributed by atoms with van der Waals surface area (Å²) in [4.78, 5) is 6.55. The number of rotatable bonds is 3. The van der Waals surface area contributed by atoms with Crippen LogP contribution in [0.2, 0.25) is 0 Å². The lowest BCUT2D eigenvalue weighted by molar-refractivity contribution is -0.672. The van der Waals surface area contributed by atoms with Crippen molar-refractivity contribution < 1.29 is 4.57 Å². The number of anilines is 1. The fraction of sp³-hybridized carbons (Fsp3) is 0.200. The van der Waals surface area contributed by atoms with Gasteiger partial charge in [-0.1, -0.05) is 0 Å². The van der Waals surface area contributed by atoms with Crippen LogP contribution in [0, 0.1) is 0 Å². The standard InChI is InChI=1S/C15H18N3/c1-17(2)14-9-7-13(8-10-14)16-12-15-6-4-5-11-18(15)3/h4-12H,1-3H3/q+1. The highest BCUT2D eigenvalue weighted by molar-refractivity contribution is 5.78. The van der Waals surface area contributed by atoms with Gasteiger partial charge in [0.2, 0.25) is 5.69 Å². The van der Waals surface area contributed by atoms with E-state index in [1.807, 2.05) is 68.5 Å². The number of aliphatic imine (C=N–C) groups is 1. The highest BCUT2D eigenvalue weighted by Gasteiger charge is 2.00. The fourth-order valence-electron chi connectivity index (χ4n) is 1.65. The molecule has 0 N–H and O–H groups in total. The Bertz CT molecular complexity index is 542. The van der Waals surface area contributed by atoms with Gasteiger partial charge in [-0.05, 0) is 30.3 Å². The van der Waals surface area contributed by atoms with Crippen molar-refractivity contribution in [3.05, 3.63) is 54.4 Å². The molecule has 2 rings (SSSR count). The molecular formula is C15H18N3+. The van der Waals surface area contributed by atoms with Crippen LogP contribution in [0.15, 0.2) is 53.7 Å². The molecule has 1 aromatic carbocycles. The number of aromatic nitrogens is 1. The maximum Gasteiger partial charge on any atom is 0.223 e. The molecule has 92 valence electrons. The molecule has 0 radical (unpaired) electrons. The predicted molar refractivity (Wildman–Crippen MR) is 75.6 cm³/mol. The van der Waals surface area contributed by atoms with Crippen LogP contribution in [-0.4, -0.2) is 20.3 Å². The molecule has 0 atom stereocenters. The third-order valence-electron chi connectivity index (χ3n) is 2.81. The van der Waals surface area contributed by atoms with Crippen molar-refractivity contribution >= 4 is 17.6 Å². The zero-order chi connectivity index (χ0) is 13.0. The summed E-state index contributed by atoms with van der Waals surface area (Å²) in [5, 5.41) is 0. The molecule has 0 unspecified atom stereocenters. The molecule has 3 heteroatoms. The van der Waals surface area contributed by atoms with Crippen LogP contribution < -0.4 is 9.47 Å². The van der Waals surface area contributed by atoms with Crippen LogP contribution in [0.1, 0.15) is 5.69 Å². The van der Waals surface area contributed by atoms with Crippen LogP contribution in [-0.2, 0) is 7.05 Å². The monoisotopic (exact) mass is 240 g/mol. The summed E-state index contributed by atoms with van der Waals surface area (Å²) in [6.45, 7) is 0. The Morgan fingerprint density at radius 1 is 1.06 bits per heavy atom. The van der Waals surface area contributed by atoms with Gasteiger partial charge in [-0.2, -0.15) is 0 Å². The Labute approximate surface area is 108 Å². The third kappa shape index (κ3) is 2.94. The number of aryl methyl sites for hydroxylation is 1. The first kappa shape index (κ1) is 12.3. The van der Waals surface area contributed by atoms with Crippen molar-refractivity contribution in [3.63, 3.8) is 0 Å². The van der Waals surface area contributed by atoms with E-state index in [-0.39, 0.29) is 0 Å². The lowest BCUT2D eigenvalue weighted by Crippen LogP contribution is -2.32. The molecule has 0 bridgehead atoms. The fourth-order valence-corrected chi connectivity index (χ4v) is 1.65. The summed E-state index contributed by atoms with van der Waals surface area (Å²) in [5.41, 5.74) is 3.22. The Balaban J connectivity index is 2.17. The van der Waals surface area contributed by atoms with Gasteiger partial charge in [-0.3, -0.25) is 0 Å². The van der Waals surface area contributed by atoms with Crippen LogP contribution in [0.25, 0.3) is 0 Å². The number of hydrogen-bond acceptors (Lipinski definition) is 2. The largest absolute Gasteiger partial charge is 0.378 e. The topological polar surface area (TPSA) is 19.5 Å². The zero-order valence-electron chi connectivity index (χ0n) is 11.0. The Morgan fingerprint density at radius 2 is 1.78 bits per heavy atom. The lowest BCUT2D eigenvalue weighted by Gasteiger charge is -2.11. The van der Waals surface area contributed by atoms with Gasteiger partial charge in [0.1, 0.15) is 7.05 Å². The zero-order valence-corrected chi connectivity index (χ0v) is 11.0. The second-order valence-corrected chi connectivity index (χ2v) is 4.41. The molecule has 0 saturated carbocycles. The van der Waals surface area contributed by atoms with Crippen molar-refractivity contribution in [1.82, 2.24) is 0 Å². The lowest BCUT2D eigenvalue weighted by atomic mass is 10.2. The number of hydrogen-bond donors (Lipinski definition) is 0. The van der Waals surface area contributed by atoms with E-state index >= 15 is 0 Å². The minimum Gasteiger partial charge on any atom is -0.378 e. The van der Waals surface area contributed by atoms with E-state index in [2.05, 4.69) is 22.0 Å². The number of nitrogens with zero attached hydrogens (tertiary/aromatic N) is 3. The minimum atomic E-state index is 0.962. The van der Waals surface area contributed by atoms with Gasteiger partial charge in [0, 0.05) is 31.9 Å². The molecule has 3 nitrogen and oxygen atoms in total. The maximum absolute atomic E-state index is 4.47. The second-order valence-electron chi connectivity index (χ2n) is 4.41. The molecule has 0 aliphatic carbocycles. The first-order chi connectivity index (χ1) is 8.66. The highest BCUT2D eigenvalue weighted by Crippen LogP contribution is 2.17. The molecule has 1 heterocycles. The predicted octanol–water partition coefficient (Wildman–Crippen LogP) is 2.33. The van der Waals surface area contributed by atoms with E-state index < -0.39 is 0 Å². The second kappa shape index (κ2) is 5.45. The maximum atomic E-state index is 4.47. The van der Waals surface area contributed by atoms with Crippen LogP contribution in [0.5, 0.6) is 0 Å². The molecular weight excluding hydrogens is 222 g/mol. The van der Waals surface area contributed by atoms with Gasteiger partial charge in [0.25, 0.3) is 0 Å². The van der Waals surface area contributed by atoms with E-state index in [1.165, 1.54) is 5.69 Å². The van der Waals surface area contributed by atoms with E-state index in [9.17, 15) is 0 Å². The SMILES string of the molecule is CN(C)c1ccc(N=Cc2cccc[n+]2C)cc1. The first-order valence-corrected chi connectivity index (χ1v) is 5.93. The third-order valence-corrected chi connectivity index (χ3v) is 2.81. The summed E-state index contributed by atoms with van der Waals surface area (Å²) in [6, 6.07) is 14.2. The molecule has 0 saturated heterocycles. The highest BCUT2D eigenvalue weighted by atomic mass is 15.1. The van der Waals surface area contributed by atoms with Gasteiger partial charge in [0.15, 0.2) is 6.20 Å².